The van der Waals surface area contributed by atoms with Crippen molar-refractivity contribution in [2.45, 2.75) is 62.7 Å². The van der Waals surface area contributed by atoms with Gasteiger partial charge in [-0.05, 0) is 56.1 Å². The number of nitrogens with two attached hydrogens (primary N) is 3. The van der Waals surface area contributed by atoms with E-state index >= 15 is 0 Å². The molecular weight excluding hydrogens is 526 g/mol. The molecule has 0 fully saturated rings. The number of carbonyl (C=O) groups is 5. The van der Waals surface area contributed by atoms with Gasteiger partial charge in [0.05, 0.1) is 6.04 Å². The van der Waals surface area contributed by atoms with E-state index in [1.54, 1.807) is 6.26 Å². The van der Waals surface area contributed by atoms with Crippen molar-refractivity contribution in [2.75, 3.05) is 30.6 Å². The molecule has 0 bridgehead atoms. The van der Waals surface area contributed by atoms with Crippen molar-refractivity contribution in [2.24, 2.45) is 22.2 Å². The second-order valence-corrected chi connectivity index (χ2v) is 10.0. The lowest BCUT2D eigenvalue weighted by atomic mass is 10.1. The first-order chi connectivity index (χ1) is 17.4. The third kappa shape index (κ3) is 15.9. The van der Waals surface area contributed by atoms with Crippen molar-refractivity contribution in [1.82, 2.24) is 16.0 Å². The molecule has 16 heteroatoms. The Bertz CT molecular complexity index is 797. The Labute approximate surface area is 224 Å². The van der Waals surface area contributed by atoms with Crippen LogP contribution in [0.3, 0.4) is 0 Å². The number of hydrogen-bond donors (Lipinski definition) is 8. The van der Waals surface area contributed by atoms with Crippen LogP contribution in [-0.4, -0.2) is 101 Å². The predicted octanol–water partition coefficient (Wildman–Crippen LogP) is -1.72. The quantitative estimate of drug-likeness (QED) is 0.0466. The summed E-state index contributed by atoms with van der Waals surface area (Å²) in [6, 6.07) is -4.50. The third-order valence-electron chi connectivity index (χ3n) is 5.05. The van der Waals surface area contributed by atoms with Crippen LogP contribution in [0.4, 0.5) is 0 Å². The fraction of sp³-hybridized carbons (Fsp3) is 0.714. The summed E-state index contributed by atoms with van der Waals surface area (Å²) in [5, 5.41) is 25.9. The molecule has 4 unspecified atom stereocenters. The molecule has 0 aromatic carbocycles. The maximum Gasteiger partial charge on any atom is 0.326 e. The molecule has 0 saturated carbocycles. The van der Waals surface area contributed by atoms with Gasteiger partial charge in [0.1, 0.15) is 18.1 Å². The number of rotatable bonds is 20. The van der Waals surface area contributed by atoms with Crippen molar-refractivity contribution >= 4 is 59.1 Å². The van der Waals surface area contributed by atoms with Gasteiger partial charge in [0, 0.05) is 13.0 Å². The summed E-state index contributed by atoms with van der Waals surface area (Å²) in [5.41, 5.74) is 16.4. The molecule has 0 saturated heterocycles. The lowest BCUT2D eigenvalue weighted by molar-refractivity contribution is -0.142. The molecule has 212 valence electrons. The van der Waals surface area contributed by atoms with Crippen LogP contribution in [0, 0.1) is 0 Å². The lowest BCUT2D eigenvalue weighted by Crippen LogP contribution is -2.57. The molecule has 0 heterocycles. The van der Waals surface area contributed by atoms with Crippen LogP contribution in [0.2, 0.25) is 0 Å². The summed E-state index contributed by atoms with van der Waals surface area (Å²) in [6.45, 7) is 0.257. The van der Waals surface area contributed by atoms with Crippen molar-refractivity contribution < 1.29 is 34.2 Å². The predicted molar refractivity (Wildman–Crippen MR) is 144 cm³/mol. The average molecular weight is 566 g/mol. The van der Waals surface area contributed by atoms with E-state index in [2.05, 4.69) is 20.9 Å². The summed E-state index contributed by atoms with van der Waals surface area (Å²) in [4.78, 5) is 64.8. The zero-order valence-electron chi connectivity index (χ0n) is 21.1. The molecule has 0 aliphatic rings. The van der Waals surface area contributed by atoms with Crippen molar-refractivity contribution in [3.8, 4) is 0 Å². The molecule has 0 aromatic rings. The molecule has 0 aliphatic heterocycles. The lowest BCUT2D eigenvalue weighted by Gasteiger charge is -2.25. The second kappa shape index (κ2) is 19.4. The number of carboxylic acid groups (broad SMARTS) is 2. The van der Waals surface area contributed by atoms with Crippen molar-refractivity contribution in [3.63, 3.8) is 0 Å². The topological polar surface area (TPSA) is 252 Å². The first-order valence-corrected chi connectivity index (χ1v) is 14.4. The van der Waals surface area contributed by atoms with Gasteiger partial charge in [-0.3, -0.25) is 24.2 Å². The zero-order valence-corrected chi connectivity index (χ0v) is 22.7. The number of nitrogens with one attached hydrogen (secondary N) is 3. The van der Waals surface area contributed by atoms with Crippen LogP contribution in [0.15, 0.2) is 4.99 Å². The Morgan fingerprint density at radius 3 is 1.76 bits per heavy atom. The Balaban J connectivity index is 5.42. The molecule has 0 spiro atoms. The number of hydrogen-bond acceptors (Lipinski definition) is 9. The smallest absolute Gasteiger partial charge is 0.326 e. The SMILES string of the molecule is CSCCC(NC(=O)C(CCSC)NC(=O)C(CCC(=O)O)NC(=O)C(N)CCCN=C(N)N)C(=O)O. The fourth-order valence-electron chi connectivity index (χ4n) is 3.01. The minimum atomic E-state index is -1.27. The van der Waals surface area contributed by atoms with Gasteiger partial charge < -0.3 is 43.4 Å². The van der Waals surface area contributed by atoms with Gasteiger partial charge in [0.2, 0.25) is 17.7 Å². The van der Waals surface area contributed by atoms with Gasteiger partial charge in [-0.2, -0.15) is 23.5 Å². The van der Waals surface area contributed by atoms with E-state index in [0.29, 0.717) is 17.9 Å². The Morgan fingerprint density at radius 2 is 1.27 bits per heavy atom. The van der Waals surface area contributed by atoms with Crippen LogP contribution >= 0.6 is 23.5 Å². The molecule has 0 rings (SSSR count). The van der Waals surface area contributed by atoms with E-state index in [9.17, 15) is 29.1 Å². The number of carboxylic acids is 2. The number of aliphatic carboxylic acids is 2. The van der Waals surface area contributed by atoms with Crippen LogP contribution in [0.1, 0.15) is 38.5 Å². The Kier molecular flexibility index (Phi) is 18.0. The van der Waals surface area contributed by atoms with Crippen LogP contribution in [0.25, 0.3) is 0 Å². The molecule has 0 aliphatic carbocycles. The van der Waals surface area contributed by atoms with Crippen LogP contribution < -0.4 is 33.2 Å². The summed E-state index contributed by atoms with van der Waals surface area (Å²) < 4.78 is 0. The maximum atomic E-state index is 13.0. The number of nitrogens with zero attached hydrogens (tertiary/aromatic N) is 1. The Morgan fingerprint density at radius 1 is 0.784 bits per heavy atom. The summed E-state index contributed by atoms with van der Waals surface area (Å²) in [7, 11) is 0. The van der Waals surface area contributed by atoms with Gasteiger partial charge in [-0.1, -0.05) is 0 Å². The molecular formula is C21H39N7O7S2. The summed E-state index contributed by atoms with van der Waals surface area (Å²) in [6.07, 6.45) is 3.95. The monoisotopic (exact) mass is 565 g/mol. The van der Waals surface area contributed by atoms with Crippen molar-refractivity contribution in [3.05, 3.63) is 0 Å². The molecule has 3 amide bonds. The number of thioether (sulfide) groups is 2. The minimum Gasteiger partial charge on any atom is -0.481 e. The highest BCUT2D eigenvalue weighted by molar-refractivity contribution is 7.98. The molecule has 0 aromatic heterocycles. The minimum absolute atomic E-state index is 0.0950. The number of guanidine groups is 1. The zero-order chi connectivity index (χ0) is 28.4. The molecule has 0 radical (unpaired) electrons. The summed E-state index contributed by atoms with van der Waals surface area (Å²) in [5.74, 6) is -3.62. The Hall–Kier alpha value is -2.72. The van der Waals surface area contributed by atoms with E-state index in [0.717, 1.165) is 0 Å². The van der Waals surface area contributed by atoms with Gasteiger partial charge in [-0.25, -0.2) is 4.79 Å². The van der Waals surface area contributed by atoms with E-state index in [1.807, 2.05) is 6.26 Å². The highest BCUT2D eigenvalue weighted by Crippen LogP contribution is 2.07. The van der Waals surface area contributed by atoms with E-state index < -0.39 is 60.2 Å². The van der Waals surface area contributed by atoms with Gasteiger partial charge in [0.25, 0.3) is 0 Å². The number of carbonyl (C=O) groups excluding carboxylic acids is 3. The standard InChI is InChI=1S/C21H39N7O7S2/c1-36-10-7-14(19(33)28-15(20(34)35)8-11-37-2)27-18(32)13(5-6-16(29)30)26-17(31)12(22)4-3-9-25-21(23)24/h12-15H,3-11,22H2,1-2H3,(H,26,31)(H,27,32)(H,28,33)(H,29,30)(H,34,35)(H4,23,24,25). The molecule has 37 heavy (non-hydrogen) atoms. The third-order valence-corrected chi connectivity index (χ3v) is 6.34. The fourth-order valence-corrected chi connectivity index (χ4v) is 3.95. The first-order valence-electron chi connectivity index (χ1n) is 11.6. The van der Waals surface area contributed by atoms with Gasteiger partial charge >= 0.3 is 11.9 Å². The maximum absolute atomic E-state index is 13.0. The summed E-state index contributed by atoms with van der Waals surface area (Å²) >= 11 is 2.85. The van der Waals surface area contributed by atoms with Crippen LogP contribution in [-0.2, 0) is 24.0 Å². The molecule has 4 atom stereocenters. The van der Waals surface area contributed by atoms with Crippen LogP contribution in [0.5, 0.6) is 0 Å². The van der Waals surface area contributed by atoms with Gasteiger partial charge in [0.15, 0.2) is 5.96 Å². The highest BCUT2D eigenvalue weighted by Gasteiger charge is 2.30. The average Bonchev–Trinajstić information content (AvgIpc) is 2.83. The first kappa shape index (κ1) is 34.3. The van der Waals surface area contributed by atoms with Gasteiger partial charge in [-0.15, -0.1) is 0 Å². The van der Waals surface area contributed by atoms with Crippen molar-refractivity contribution in [1.29, 1.82) is 0 Å². The number of aliphatic imine (C=N–C) groups is 1. The van der Waals surface area contributed by atoms with E-state index in [4.69, 9.17) is 22.3 Å². The highest BCUT2D eigenvalue weighted by atomic mass is 32.2. The molecule has 11 N–H and O–H groups in total. The van der Waals surface area contributed by atoms with E-state index in [-0.39, 0.29) is 38.2 Å². The largest absolute Gasteiger partial charge is 0.481 e. The van der Waals surface area contributed by atoms with E-state index in [1.165, 1.54) is 23.5 Å². The normalized spacial score (nSPS) is 13.9. The second-order valence-electron chi connectivity index (χ2n) is 8.07. The molecule has 14 nitrogen and oxygen atoms in total. The number of amides is 3.